The van der Waals surface area contributed by atoms with E-state index in [4.69, 9.17) is 0 Å². The number of nitrogens with zero attached hydrogens (tertiary/aromatic N) is 1. The van der Waals surface area contributed by atoms with E-state index in [9.17, 15) is 13.2 Å². The number of hydrogen-bond acceptors (Lipinski definition) is 2. The highest BCUT2D eigenvalue weighted by Crippen LogP contribution is 2.14. The largest absolute Gasteiger partial charge is 0.425 e. The molecule has 1 rings (SSSR count). The minimum absolute atomic E-state index is 0.611. The first-order valence-electron chi connectivity index (χ1n) is 4.19. The SMILES string of the molecule is Cc1ccccc1/[C]=N\OCC(F)(F)F. The summed E-state index contributed by atoms with van der Waals surface area (Å²) in [6.45, 7) is 0.410. The summed E-state index contributed by atoms with van der Waals surface area (Å²) in [7, 11) is 0. The van der Waals surface area contributed by atoms with Crippen molar-refractivity contribution in [2.45, 2.75) is 13.1 Å². The van der Waals surface area contributed by atoms with Crippen LogP contribution in [0.15, 0.2) is 29.4 Å². The number of hydrogen-bond donors (Lipinski definition) is 0. The van der Waals surface area contributed by atoms with Crippen LogP contribution in [0.4, 0.5) is 13.2 Å². The predicted octanol–water partition coefficient (Wildman–Crippen LogP) is 2.78. The molecule has 0 saturated carbocycles. The molecule has 0 amide bonds. The molecule has 0 atom stereocenters. The van der Waals surface area contributed by atoms with Crippen molar-refractivity contribution in [3.63, 3.8) is 0 Å². The van der Waals surface area contributed by atoms with Crippen molar-refractivity contribution in [3.05, 3.63) is 35.4 Å². The molecule has 0 saturated heterocycles. The first-order valence-corrected chi connectivity index (χ1v) is 4.19. The van der Waals surface area contributed by atoms with Crippen LogP contribution in [0.5, 0.6) is 0 Å². The van der Waals surface area contributed by atoms with E-state index in [1.165, 1.54) is 0 Å². The maximum atomic E-state index is 11.6. The summed E-state index contributed by atoms with van der Waals surface area (Å²) in [6, 6.07) is 7.06. The van der Waals surface area contributed by atoms with Crippen LogP contribution >= 0.6 is 0 Å². The highest BCUT2D eigenvalue weighted by molar-refractivity contribution is 5.80. The molecule has 1 aromatic carbocycles. The van der Waals surface area contributed by atoms with E-state index in [2.05, 4.69) is 16.2 Å². The molecule has 0 aromatic heterocycles. The molecule has 15 heavy (non-hydrogen) atoms. The van der Waals surface area contributed by atoms with Gasteiger partial charge in [-0.3, -0.25) is 0 Å². The fourth-order valence-electron chi connectivity index (χ4n) is 0.885. The highest BCUT2D eigenvalue weighted by Gasteiger charge is 2.28. The Balaban J connectivity index is 2.49. The second-order valence-corrected chi connectivity index (χ2v) is 2.91. The van der Waals surface area contributed by atoms with Crippen LogP contribution in [0.25, 0.3) is 0 Å². The maximum absolute atomic E-state index is 11.6. The van der Waals surface area contributed by atoms with Gasteiger partial charge in [-0.25, -0.2) is 0 Å². The molecule has 0 aliphatic rings. The van der Waals surface area contributed by atoms with Crippen LogP contribution in [0.2, 0.25) is 0 Å². The zero-order valence-corrected chi connectivity index (χ0v) is 8.01. The van der Waals surface area contributed by atoms with Crippen molar-refractivity contribution in [1.29, 1.82) is 0 Å². The van der Waals surface area contributed by atoms with Gasteiger partial charge in [-0.1, -0.05) is 29.4 Å². The average molecular weight is 216 g/mol. The lowest BCUT2D eigenvalue weighted by molar-refractivity contribution is -0.173. The van der Waals surface area contributed by atoms with E-state index >= 15 is 0 Å². The molecule has 2 nitrogen and oxygen atoms in total. The standard InChI is InChI=1S/C10H9F3NO/c1-8-4-2-3-5-9(8)6-14-15-7-10(11,12)13/h2-5H,7H2,1H3. The minimum Gasteiger partial charge on any atom is -0.386 e. The van der Waals surface area contributed by atoms with Crippen LogP contribution in [-0.4, -0.2) is 19.0 Å². The number of alkyl halides is 3. The second kappa shape index (κ2) is 4.82. The molecular weight excluding hydrogens is 207 g/mol. The fraction of sp³-hybridized carbons (Fsp3) is 0.300. The van der Waals surface area contributed by atoms with E-state index in [1.54, 1.807) is 12.1 Å². The van der Waals surface area contributed by atoms with Gasteiger partial charge in [-0.15, -0.1) is 0 Å². The van der Waals surface area contributed by atoms with Gasteiger partial charge in [0.15, 0.2) is 0 Å². The summed E-state index contributed by atoms with van der Waals surface area (Å²) in [5.74, 6) is 0. The molecule has 0 spiro atoms. The summed E-state index contributed by atoms with van der Waals surface area (Å²) in [6.07, 6.45) is -1.98. The van der Waals surface area contributed by atoms with Gasteiger partial charge in [-0.05, 0) is 12.5 Å². The molecule has 5 heteroatoms. The third-order valence-electron chi connectivity index (χ3n) is 1.60. The Kier molecular flexibility index (Phi) is 3.71. The average Bonchev–Trinajstić information content (AvgIpc) is 2.13. The Morgan fingerprint density at radius 3 is 2.60 bits per heavy atom. The quantitative estimate of drug-likeness (QED) is 0.562. The fourth-order valence-corrected chi connectivity index (χ4v) is 0.885. The van der Waals surface area contributed by atoms with E-state index in [1.807, 2.05) is 19.1 Å². The van der Waals surface area contributed by atoms with Gasteiger partial charge in [0.25, 0.3) is 0 Å². The van der Waals surface area contributed by atoms with E-state index < -0.39 is 12.8 Å². The van der Waals surface area contributed by atoms with Crippen molar-refractivity contribution in [3.8, 4) is 0 Å². The van der Waals surface area contributed by atoms with Gasteiger partial charge in [0.05, 0.1) is 0 Å². The van der Waals surface area contributed by atoms with Crippen molar-refractivity contribution >= 4 is 6.21 Å². The third-order valence-corrected chi connectivity index (χ3v) is 1.60. The summed E-state index contributed by atoms with van der Waals surface area (Å²) in [4.78, 5) is 4.05. The molecular formula is C10H9F3NO. The summed E-state index contributed by atoms with van der Waals surface area (Å²) in [5, 5.41) is 3.12. The Morgan fingerprint density at radius 1 is 1.33 bits per heavy atom. The smallest absolute Gasteiger partial charge is 0.386 e. The van der Waals surface area contributed by atoms with Gasteiger partial charge < -0.3 is 4.84 Å². The van der Waals surface area contributed by atoms with Gasteiger partial charge in [0.1, 0.15) is 6.21 Å². The predicted molar refractivity (Wildman–Crippen MR) is 49.7 cm³/mol. The van der Waals surface area contributed by atoms with Gasteiger partial charge in [0.2, 0.25) is 6.61 Å². The Bertz CT molecular complexity index is 347. The van der Waals surface area contributed by atoms with Crippen LogP contribution in [0, 0.1) is 6.92 Å². The first-order chi connectivity index (χ1) is 6.99. The topological polar surface area (TPSA) is 21.6 Å². The number of benzene rings is 1. The second-order valence-electron chi connectivity index (χ2n) is 2.91. The first kappa shape index (κ1) is 11.6. The Labute approximate surface area is 85.4 Å². The maximum Gasteiger partial charge on any atom is 0.425 e. The summed E-state index contributed by atoms with van der Waals surface area (Å²) >= 11 is 0. The van der Waals surface area contributed by atoms with Crippen LogP contribution in [-0.2, 0) is 4.84 Å². The van der Waals surface area contributed by atoms with Crippen molar-refractivity contribution in [1.82, 2.24) is 0 Å². The van der Waals surface area contributed by atoms with Crippen molar-refractivity contribution in [2.75, 3.05) is 6.61 Å². The molecule has 0 bridgehead atoms. The van der Waals surface area contributed by atoms with Gasteiger partial charge in [-0.2, -0.15) is 13.2 Å². The number of rotatable bonds is 3. The molecule has 0 aliphatic carbocycles. The lowest BCUT2D eigenvalue weighted by atomic mass is 10.1. The van der Waals surface area contributed by atoms with Gasteiger partial charge >= 0.3 is 6.18 Å². The summed E-state index contributed by atoms with van der Waals surface area (Å²) < 4.78 is 34.9. The molecule has 1 radical (unpaired) electrons. The number of aryl methyl sites for hydroxylation is 1. The van der Waals surface area contributed by atoms with Crippen LogP contribution in [0.1, 0.15) is 11.1 Å². The van der Waals surface area contributed by atoms with Crippen LogP contribution in [0.3, 0.4) is 0 Å². The van der Waals surface area contributed by atoms with E-state index in [-0.39, 0.29) is 0 Å². The highest BCUT2D eigenvalue weighted by atomic mass is 19.4. The van der Waals surface area contributed by atoms with Crippen molar-refractivity contribution < 1.29 is 18.0 Å². The zero-order chi connectivity index (χ0) is 11.3. The minimum atomic E-state index is -4.36. The van der Waals surface area contributed by atoms with E-state index in [0.717, 1.165) is 5.56 Å². The molecule has 0 unspecified atom stereocenters. The Morgan fingerprint density at radius 2 is 2.00 bits per heavy atom. The zero-order valence-electron chi connectivity index (χ0n) is 8.01. The lowest BCUT2D eigenvalue weighted by Crippen LogP contribution is -2.14. The monoisotopic (exact) mass is 216 g/mol. The molecule has 0 heterocycles. The molecule has 0 N–H and O–H groups in total. The lowest BCUT2D eigenvalue weighted by Gasteiger charge is -2.02. The molecule has 0 fully saturated rings. The van der Waals surface area contributed by atoms with Crippen molar-refractivity contribution in [2.24, 2.45) is 5.16 Å². The third kappa shape index (κ3) is 4.49. The number of halogens is 3. The van der Waals surface area contributed by atoms with E-state index in [0.29, 0.717) is 5.56 Å². The normalized spacial score (nSPS) is 12.0. The van der Waals surface area contributed by atoms with Gasteiger partial charge in [0, 0.05) is 5.56 Å². The molecule has 0 aliphatic heterocycles. The molecule has 81 valence electrons. The van der Waals surface area contributed by atoms with Crippen LogP contribution < -0.4 is 0 Å². The Hall–Kier alpha value is -1.52. The molecule has 1 aromatic rings. The summed E-state index contributed by atoms with van der Waals surface area (Å²) in [5.41, 5.74) is 1.48.